The third-order valence-corrected chi connectivity index (χ3v) is 5.64. The molecule has 1 saturated heterocycles. The van der Waals surface area contributed by atoms with Crippen molar-refractivity contribution in [3.63, 3.8) is 0 Å². The SMILES string of the molecule is O=[S+]([O-])(c1cccc(C(F)(F)F)c1)N1CC(Oc2ccc(F)c(F)c2)C1. The summed E-state index contributed by atoms with van der Waals surface area (Å²) in [5.41, 5.74) is -1.06. The third kappa shape index (κ3) is 3.71. The summed E-state index contributed by atoms with van der Waals surface area (Å²) in [5.74, 6) is -2.11. The van der Waals surface area contributed by atoms with E-state index in [4.69, 9.17) is 4.74 Å². The molecular weight excluding hydrogens is 381 g/mol. The van der Waals surface area contributed by atoms with E-state index in [1.165, 1.54) is 6.07 Å². The first-order valence-electron chi connectivity index (χ1n) is 7.36. The van der Waals surface area contributed by atoms with Crippen LogP contribution in [0, 0.1) is 11.6 Å². The number of benzene rings is 2. The summed E-state index contributed by atoms with van der Waals surface area (Å²) in [6, 6.07) is 6.35. The van der Waals surface area contributed by atoms with E-state index in [-0.39, 0.29) is 18.8 Å². The fraction of sp³-hybridized carbons (Fsp3) is 0.250. The van der Waals surface area contributed by atoms with Gasteiger partial charge in [-0.05, 0) is 24.3 Å². The Morgan fingerprint density at radius 3 is 2.38 bits per heavy atom. The summed E-state index contributed by atoms with van der Waals surface area (Å²) in [5, 5.41) is 0. The van der Waals surface area contributed by atoms with Crippen LogP contribution in [-0.4, -0.2) is 28.1 Å². The Labute approximate surface area is 146 Å². The lowest BCUT2D eigenvalue weighted by Crippen LogP contribution is -2.58. The molecule has 0 aliphatic carbocycles. The average molecular weight is 393 g/mol. The summed E-state index contributed by atoms with van der Waals surface area (Å²) in [6.45, 7) is -0.227. The van der Waals surface area contributed by atoms with Crippen LogP contribution < -0.4 is 4.74 Å². The van der Waals surface area contributed by atoms with Crippen molar-refractivity contribution < 1.29 is 35.5 Å². The van der Waals surface area contributed by atoms with E-state index in [9.17, 15) is 30.7 Å². The summed E-state index contributed by atoms with van der Waals surface area (Å²) in [7, 11) is -4.11. The first-order valence-corrected chi connectivity index (χ1v) is 8.80. The van der Waals surface area contributed by atoms with Crippen molar-refractivity contribution in [2.24, 2.45) is 0 Å². The van der Waals surface area contributed by atoms with Gasteiger partial charge in [0.1, 0.15) is 11.9 Å². The molecule has 1 aliphatic rings. The minimum Gasteiger partial charge on any atom is -0.593 e. The first-order chi connectivity index (χ1) is 12.1. The highest BCUT2D eigenvalue weighted by molar-refractivity contribution is 7.95. The zero-order valence-electron chi connectivity index (χ0n) is 13.0. The second kappa shape index (κ2) is 6.60. The van der Waals surface area contributed by atoms with Crippen LogP contribution in [0.15, 0.2) is 47.4 Å². The molecule has 0 saturated carbocycles. The summed E-state index contributed by atoms with van der Waals surface area (Å²) < 4.78 is 95.2. The number of rotatable bonds is 4. The van der Waals surface area contributed by atoms with Crippen molar-refractivity contribution in [1.82, 2.24) is 4.31 Å². The predicted molar refractivity (Wildman–Crippen MR) is 80.9 cm³/mol. The fourth-order valence-electron chi connectivity index (χ4n) is 2.40. The van der Waals surface area contributed by atoms with Gasteiger partial charge in [0.2, 0.25) is 0 Å². The van der Waals surface area contributed by atoms with Gasteiger partial charge in [-0.2, -0.15) is 13.2 Å². The zero-order valence-corrected chi connectivity index (χ0v) is 13.8. The Morgan fingerprint density at radius 2 is 1.77 bits per heavy atom. The molecule has 0 spiro atoms. The van der Waals surface area contributed by atoms with Crippen molar-refractivity contribution in [3.8, 4) is 5.75 Å². The highest BCUT2D eigenvalue weighted by Crippen LogP contribution is 2.34. The van der Waals surface area contributed by atoms with Crippen LogP contribution in [0.3, 0.4) is 0 Å². The number of halogens is 5. The van der Waals surface area contributed by atoms with Gasteiger partial charge in [-0.1, -0.05) is 10.3 Å². The topological polar surface area (TPSA) is 52.6 Å². The monoisotopic (exact) mass is 393 g/mol. The van der Waals surface area contributed by atoms with Gasteiger partial charge in [-0.3, -0.25) is 0 Å². The number of sulfonamides is 1. The predicted octanol–water partition coefficient (Wildman–Crippen LogP) is 3.65. The minimum absolute atomic E-state index is 0.0324. The maximum absolute atomic E-state index is 13.1. The molecule has 140 valence electrons. The Hall–Kier alpha value is -2.04. The van der Waals surface area contributed by atoms with Crippen LogP contribution in [0.25, 0.3) is 0 Å². The van der Waals surface area contributed by atoms with Gasteiger partial charge < -0.3 is 9.29 Å². The van der Waals surface area contributed by atoms with Gasteiger partial charge in [0.15, 0.2) is 26.9 Å². The molecule has 10 heteroatoms. The average Bonchev–Trinajstić information content (AvgIpc) is 2.53. The van der Waals surface area contributed by atoms with Crippen LogP contribution in [0.5, 0.6) is 5.75 Å². The summed E-state index contributed by atoms with van der Waals surface area (Å²) >= 11 is 0. The lowest BCUT2D eigenvalue weighted by Gasteiger charge is -2.39. The smallest absolute Gasteiger partial charge is 0.416 e. The van der Waals surface area contributed by atoms with Crippen molar-refractivity contribution in [3.05, 3.63) is 59.7 Å². The van der Waals surface area contributed by atoms with Crippen molar-refractivity contribution >= 4 is 10.4 Å². The Balaban J connectivity index is 1.67. The van der Waals surface area contributed by atoms with Gasteiger partial charge in [-0.25, -0.2) is 8.78 Å². The highest BCUT2D eigenvalue weighted by atomic mass is 32.3. The van der Waals surface area contributed by atoms with E-state index in [2.05, 4.69) is 0 Å². The van der Waals surface area contributed by atoms with Gasteiger partial charge in [-0.15, -0.1) is 4.31 Å². The molecule has 0 aromatic heterocycles. The van der Waals surface area contributed by atoms with Crippen LogP contribution in [0.2, 0.25) is 0 Å². The molecule has 0 N–H and O–H groups in total. The molecular formula is C16H12F5NO3S. The molecule has 2 aromatic carbocycles. The van der Waals surface area contributed by atoms with Crippen molar-refractivity contribution in [2.75, 3.05) is 13.1 Å². The number of ether oxygens (including phenoxy) is 1. The third-order valence-electron chi connectivity index (χ3n) is 3.81. The Bertz CT molecular complexity index is 867. The number of hydrogen-bond donors (Lipinski definition) is 0. The molecule has 1 atom stereocenters. The van der Waals surface area contributed by atoms with E-state index >= 15 is 0 Å². The van der Waals surface area contributed by atoms with E-state index in [0.717, 1.165) is 34.6 Å². The molecule has 4 nitrogen and oxygen atoms in total. The molecule has 3 rings (SSSR count). The minimum atomic E-state index is -4.65. The highest BCUT2D eigenvalue weighted by Gasteiger charge is 2.43. The van der Waals surface area contributed by atoms with E-state index < -0.39 is 44.8 Å². The zero-order chi connectivity index (χ0) is 19.1. The molecule has 0 radical (unpaired) electrons. The molecule has 0 amide bonds. The quantitative estimate of drug-likeness (QED) is 0.589. The number of hydrogen-bond acceptors (Lipinski definition) is 3. The van der Waals surface area contributed by atoms with Gasteiger partial charge in [0.25, 0.3) is 0 Å². The Morgan fingerprint density at radius 1 is 1.08 bits per heavy atom. The number of alkyl halides is 3. The maximum Gasteiger partial charge on any atom is 0.416 e. The summed E-state index contributed by atoms with van der Waals surface area (Å²) in [6.07, 6.45) is -5.26. The van der Waals surface area contributed by atoms with E-state index in [1.54, 1.807) is 0 Å². The maximum atomic E-state index is 13.1. The van der Waals surface area contributed by atoms with Crippen LogP contribution in [0.1, 0.15) is 5.56 Å². The van der Waals surface area contributed by atoms with Gasteiger partial charge in [0, 0.05) is 12.1 Å². The molecule has 1 unspecified atom stereocenters. The fourth-order valence-corrected chi connectivity index (χ4v) is 3.95. The van der Waals surface area contributed by atoms with Crippen LogP contribution in [0.4, 0.5) is 22.0 Å². The summed E-state index contributed by atoms with van der Waals surface area (Å²) in [4.78, 5) is -0.474. The first kappa shape index (κ1) is 18.7. The van der Waals surface area contributed by atoms with Crippen LogP contribution >= 0.6 is 0 Å². The van der Waals surface area contributed by atoms with Crippen molar-refractivity contribution in [2.45, 2.75) is 17.2 Å². The van der Waals surface area contributed by atoms with Gasteiger partial charge in [0.05, 0.1) is 18.7 Å². The van der Waals surface area contributed by atoms with Gasteiger partial charge >= 0.3 is 6.18 Å². The molecule has 1 aliphatic heterocycles. The molecule has 2 aromatic rings. The molecule has 26 heavy (non-hydrogen) atoms. The van der Waals surface area contributed by atoms with Crippen molar-refractivity contribution in [1.29, 1.82) is 0 Å². The molecule has 1 heterocycles. The standard InChI is InChI=1S/C16H12F5NO3S/c17-14-5-4-11(7-15(14)18)25-12-8-22(9-12)26(23,24)13-3-1-2-10(6-13)16(19,20)21/h1-7,12H,8-9H2. The molecule has 0 bridgehead atoms. The lowest BCUT2D eigenvalue weighted by molar-refractivity contribution is -0.137. The normalized spacial score (nSPS) is 18.2. The number of nitrogens with zero attached hydrogens (tertiary/aromatic N) is 1. The second-order valence-corrected chi connectivity index (χ2v) is 7.60. The molecule has 1 fully saturated rings. The van der Waals surface area contributed by atoms with E-state index in [0.29, 0.717) is 6.07 Å². The lowest BCUT2D eigenvalue weighted by atomic mass is 10.2. The Kier molecular flexibility index (Phi) is 4.76. The van der Waals surface area contributed by atoms with Crippen LogP contribution in [-0.2, 0) is 20.8 Å². The second-order valence-electron chi connectivity index (χ2n) is 5.66. The van der Waals surface area contributed by atoms with E-state index in [1.807, 2.05) is 0 Å². The largest absolute Gasteiger partial charge is 0.593 e.